The highest BCUT2D eigenvalue weighted by molar-refractivity contribution is 7.98. The maximum Gasteiger partial charge on any atom is 0.244 e. The Hall–Kier alpha value is -0.910. The van der Waals surface area contributed by atoms with Crippen LogP contribution in [0.2, 0.25) is 0 Å². The molecule has 116 valence electrons. The maximum absolute atomic E-state index is 11.9. The van der Waals surface area contributed by atoms with Crippen LogP contribution in [0.1, 0.15) is 32.6 Å². The van der Waals surface area contributed by atoms with Crippen LogP contribution in [0.25, 0.3) is 0 Å². The lowest BCUT2D eigenvalue weighted by molar-refractivity contribution is -0.128. The fourth-order valence-electron chi connectivity index (χ4n) is 2.13. The second-order valence-corrected chi connectivity index (χ2v) is 5.90. The van der Waals surface area contributed by atoms with Crippen LogP contribution < -0.4 is 10.6 Å². The number of hydrogen-bond donors (Lipinski definition) is 2. The van der Waals surface area contributed by atoms with Gasteiger partial charge in [-0.3, -0.25) is 4.79 Å². The van der Waals surface area contributed by atoms with Crippen molar-refractivity contribution in [1.82, 2.24) is 15.5 Å². The zero-order chi connectivity index (χ0) is 14.6. The molecule has 1 fully saturated rings. The van der Waals surface area contributed by atoms with Gasteiger partial charge in [0.05, 0.1) is 0 Å². The topological polar surface area (TPSA) is 56.7 Å². The Morgan fingerprint density at radius 2 is 2.00 bits per heavy atom. The fourth-order valence-corrected chi connectivity index (χ4v) is 2.63. The monoisotopic (exact) mass is 300 g/mol. The van der Waals surface area contributed by atoms with Gasteiger partial charge < -0.3 is 15.5 Å². The minimum atomic E-state index is 0.141. The number of hydrogen-bond acceptors (Lipinski definition) is 3. The number of nitrogens with one attached hydrogen (secondary N) is 2. The number of aliphatic imine (C=N–C) groups is 1. The number of carbonyl (C=O) groups excluding carboxylic acids is 1. The van der Waals surface area contributed by atoms with E-state index in [1.807, 2.05) is 23.6 Å². The van der Waals surface area contributed by atoms with Gasteiger partial charge in [-0.1, -0.05) is 0 Å². The number of unbranched alkanes of at least 4 members (excludes halogenated alkanes) is 1. The lowest BCUT2D eigenvalue weighted by atomic mass is 10.3. The van der Waals surface area contributed by atoms with Crippen molar-refractivity contribution in [3.05, 3.63) is 0 Å². The van der Waals surface area contributed by atoms with E-state index in [9.17, 15) is 4.79 Å². The van der Waals surface area contributed by atoms with E-state index in [0.717, 1.165) is 51.4 Å². The summed E-state index contributed by atoms with van der Waals surface area (Å²) in [5.41, 5.74) is 0. The summed E-state index contributed by atoms with van der Waals surface area (Å²) in [6, 6.07) is 0. The van der Waals surface area contributed by atoms with E-state index in [0.29, 0.717) is 0 Å². The zero-order valence-corrected chi connectivity index (χ0v) is 13.6. The molecule has 0 spiro atoms. The molecule has 1 amide bonds. The van der Waals surface area contributed by atoms with E-state index >= 15 is 0 Å². The molecule has 6 heteroatoms. The molecule has 0 aliphatic carbocycles. The van der Waals surface area contributed by atoms with E-state index in [1.165, 1.54) is 12.2 Å². The van der Waals surface area contributed by atoms with E-state index in [4.69, 9.17) is 0 Å². The molecule has 1 heterocycles. The van der Waals surface area contributed by atoms with Gasteiger partial charge in [-0.05, 0) is 44.6 Å². The first-order chi connectivity index (χ1) is 9.77. The van der Waals surface area contributed by atoms with Crippen molar-refractivity contribution in [2.75, 3.05) is 44.7 Å². The van der Waals surface area contributed by atoms with Crippen molar-refractivity contribution in [2.45, 2.75) is 32.6 Å². The molecular formula is C14H28N4OS. The second-order valence-electron chi connectivity index (χ2n) is 4.91. The van der Waals surface area contributed by atoms with Crippen LogP contribution in [0.4, 0.5) is 0 Å². The Balaban J connectivity index is 2.27. The molecule has 0 aromatic rings. The van der Waals surface area contributed by atoms with Crippen LogP contribution in [0.5, 0.6) is 0 Å². The highest BCUT2D eigenvalue weighted by Gasteiger charge is 2.17. The molecule has 0 saturated carbocycles. The Morgan fingerprint density at radius 3 is 2.65 bits per heavy atom. The summed E-state index contributed by atoms with van der Waals surface area (Å²) < 4.78 is 0. The SMILES string of the molecule is CCNC(=NCC(=O)N1CCCC1)NCCCCSC. The van der Waals surface area contributed by atoms with Crippen LogP contribution in [-0.4, -0.2) is 61.5 Å². The number of guanidine groups is 1. The normalized spacial score (nSPS) is 15.5. The number of amides is 1. The van der Waals surface area contributed by atoms with Crippen molar-refractivity contribution < 1.29 is 4.79 Å². The third kappa shape index (κ3) is 7.03. The smallest absolute Gasteiger partial charge is 0.244 e. The Labute approximate surface area is 127 Å². The van der Waals surface area contributed by atoms with Crippen molar-refractivity contribution in [1.29, 1.82) is 0 Å². The molecule has 0 atom stereocenters. The van der Waals surface area contributed by atoms with Crippen LogP contribution in [0.15, 0.2) is 4.99 Å². The van der Waals surface area contributed by atoms with Crippen molar-refractivity contribution >= 4 is 23.6 Å². The van der Waals surface area contributed by atoms with Gasteiger partial charge in [-0.15, -0.1) is 0 Å². The van der Waals surface area contributed by atoms with E-state index in [2.05, 4.69) is 21.9 Å². The molecule has 0 bridgehead atoms. The summed E-state index contributed by atoms with van der Waals surface area (Å²) in [6.45, 7) is 5.80. The molecule has 5 nitrogen and oxygen atoms in total. The minimum Gasteiger partial charge on any atom is -0.357 e. The third-order valence-corrected chi connectivity index (χ3v) is 3.94. The van der Waals surface area contributed by atoms with Gasteiger partial charge in [0, 0.05) is 26.2 Å². The fraction of sp³-hybridized carbons (Fsp3) is 0.857. The highest BCUT2D eigenvalue weighted by atomic mass is 32.2. The van der Waals surface area contributed by atoms with E-state index < -0.39 is 0 Å². The van der Waals surface area contributed by atoms with Crippen LogP contribution in [-0.2, 0) is 4.79 Å². The maximum atomic E-state index is 11.9. The number of rotatable bonds is 8. The molecule has 0 aromatic heterocycles. The summed E-state index contributed by atoms with van der Waals surface area (Å²) in [5, 5.41) is 6.47. The molecule has 0 unspecified atom stereocenters. The van der Waals surface area contributed by atoms with Gasteiger partial charge in [0.15, 0.2) is 5.96 Å². The number of nitrogens with zero attached hydrogens (tertiary/aromatic N) is 2. The Kier molecular flexibility index (Phi) is 9.28. The molecule has 1 aliphatic heterocycles. The first kappa shape index (κ1) is 17.1. The first-order valence-corrected chi connectivity index (χ1v) is 8.96. The summed E-state index contributed by atoms with van der Waals surface area (Å²) in [5.74, 6) is 2.09. The molecule has 2 N–H and O–H groups in total. The standard InChI is InChI=1S/C14H28N4OS/c1-3-15-14(16-8-4-7-11-20-2)17-12-13(19)18-9-5-6-10-18/h3-12H2,1-2H3,(H2,15,16,17). The second kappa shape index (κ2) is 10.8. The van der Waals surface area contributed by atoms with Gasteiger partial charge in [0.2, 0.25) is 5.91 Å². The predicted octanol–water partition coefficient (Wildman–Crippen LogP) is 1.31. The number of thioether (sulfide) groups is 1. The van der Waals surface area contributed by atoms with Gasteiger partial charge in [-0.25, -0.2) is 4.99 Å². The summed E-state index contributed by atoms with van der Waals surface area (Å²) >= 11 is 1.88. The van der Waals surface area contributed by atoms with E-state index in [-0.39, 0.29) is 12.5 Å². The average molecular weight is 300 g/mol. The Bertz CT molecular complexity index is 304. The van der Waals surface area contributed by atoms with Gasteiger partial charge in [-0.2, -0.15) is 11.8 Å². The van der Waals surface area contributed by atoms with Gasteiger partial charge in [0.25, 0.3) is 0 Å². The lowest BCUT2D eigenvalue weighted by Crippen LogP contribution is -2.39. The number of likely N-dealkylation sites (tertiary alicyclic amines) is 1. The minimum absolute atomic E-state index is 0.141. The van der Waals surface area contributed by atoms with Crippen LogP contribution in [0, 0.1) is 0 Å². The van der Waals surface area contributed by atoms with Gasteiger partial charge in [0.1, 0.15) is 6.54 Å². The molecule has 0 radical (unpaired) electrons. The van der Waals surface area contributed by atoms with Crippen LogP contribution >= 0.6 is 11.8 Å². The van der Waals surface area contributed by atoms with Crippen molar-refractivity contribution in [2.24, 2.45) is 4.99 Å². The zero-order valence-electron chi connectivity index (χ0n) is 12.8. The van der Waals surface area contributed by atoms with Crippen LogP contribution in [0.3, 0.4) is 0 Å². The van der Waals surface area contributed by atoms with Gasteiger partial charge >= 0.3 is 0 Å². The quantitative estimate of drug-likeness (QED) is 0.403. The summed E-state index contributed by atoms with van der Waals surface area (Å²) in [4.78, 5) is 18.2. The third-order valence-electron chi connectivity index (χ3n) is 3.24. The van der Waals surface area contributed by atoms with E-state index in [1.54, 1.807) is 0 Å². The molecule has 0 aromatic carbocycles. The Morgan fingerprint density at radius 1 is 1.25 bits per heavy atom. The summed E-state index contributed by atoms with van der Waals surface area (Å²) in [7, 11) is 0. The highest BCUT2D eigenvalue weighted by Crippen LogP contribution is 2.07. The largest absolute Gasteiger partial charge is 0.357 e. The predicted molar refractivity (Wildman–Crippen MR) is 87.4 cm³/mol. The number of carbonyl (C=O) groups is 1. The average Bonchev–Trinajstić information content (AvgIpc) is 2.98. The molecule has 20 heavy (non-hydrogen) atoms. The first-order valence-electron chi connectivity index (χ1n) is 7.56. The van der Waals surface area contributed by atoms with Crippen molar-refractivity contribution in [3.8, 4) is 0 Å². The summed E-state index contributed by atoms with van der Waals surface area (Å²) in [6.07, 6.45) is 6.72. The lowest BCUT2D eigenvalue weighted by Gasteiger charge is -2.15. The molecular weight excluding hydrogens is 272 g/mol. The molecule has 1 rings (SSSR count). The molecule has 1 aliphatic rings. The molecule has 1 saturated heterocycles. The van der Waals surface area contributed by atoms with Crippen molar-refractivity contribution in [3.63, 3.8) is 0 Å².